The summed E-state index contributed by atoms with van der Waals surface area (Å²) in [6, 6.07) is 3.43. The molecule has 1 aromatic heterocycles. The van der Waals surface area contributed by atoms with Crippen LogP contribution in [0.2, 0.25) is 0 Å². The van der Waals surface area contributed by atoms with Gasteiger partial charge in [-0.05, 0) is 42.2 Å². The maximum absolute atomic E-state index is 12.8. The largest absolute Gasteiger partial charge is 0.336 e. The van der Waals surface area contributed by atoms with Crippen molar-refractivity contribution in [3.05, 3.63) is 22.4 Å². The van der Waals surface area contributed by atoms with Crippen molar-refractivity contribution in [3.8, 4) is 6.07 Å². The van der Waals surface area contributed by atoms with Crippen LogP contribution >= 0.6 is 11.3 Å². The summed E-state index contributed by atoms with van der Waals surface area (Å²) in [5, 5.41) is 18.7. The zero-order valence-electron chi connectivity index (χ0n) is 14.7. The lowest BCUT2D eigenvalue weighted by molar-refractivity contribution is -0.135. The number of rotatable bonds is 4. The molecular formula is C18H22N4O3S. The molecule has 26 heavy (non-hydrogen) atoms. The normalized spacial score (nSPS) is 25.3. The van der Waals surface area contributed by atoms with Crippen LogP contribution < -0.4 is 10.6 Å². The van der Waals surface area contributed by atoms with Gasteiger partial charge in [-0.15, -0.1) is 0 Å². The highest BCUT2D eigenvalue weighted by atomic mass is 32.1. The first kappa shape index (κ1) is 18.4. The molecule has 2 heterocycles. The molecule has 4 amide bonds. The first-order valence-electron chi connectivity index (χ1n) is 8.79. The molecule has 0 radical (unpaired) electrons. The predicted molar refractivity (Wildman–Crippen MR) is 96.1 cm³/mol. The Morgan fingerprint density at radius 2 is 2.04 bits per heavy atom. The van der Waals surface area contributed by atoms with Gasteiger partial charge in [0.1, 0.15) is 17.6 Å². The average molecular weight is 374 g/mol. The van der Waals surface area contributed by atoms with E-state index >= 15 is 0 Å². The second kappa shape index (κ2) is 7.08. The smallest absolute Gasteiger partial charge is 0.325 e. The van der Waals surface area contributed by atoms with Crippen molar-refractivity contribution in [2.45, 2.75) is 56.5 Å². The summed E-state index contributed by atoms with van der Waals surface area (Å²) in [4.78, 5) is 38.5. The van der Waals surface area contributed by atoms with Crippen molar-refractivity contribution in [3.63, 3.8) is 0 Å². The molecular weight excluding hydrogens is 352 g/mol. The lowest BCUT2D eigenvalue weighted by atomic mass is 9.92. The fourth-order valence-corrected chi connectivity index (χ4v) is 4.40. The Morgan fingerprint density at radius 1 is 1.35 bits per heavy atom. The minimum atomic E-state index is -1.16. The Kier molecular flexibility index (Phi) is 5.01. The van der Waals surface area contributed by atoms with Crippen LogP contribution in [0.15, 0.2) is 16.8 Å². The van der Waals surface area contributed by atoms with Crippen molar-refractivity contribution < 1.29 is 14.4 Å². The summed E-state index contributed by atoms with van der Waals surface area (Å²) in [7, 11) is 0. The van der Waals surface area contributed by atoms with Gasteiger partial charge >= 0.3 is 6.03 Å². The number of thiophene rings is 1. The van der Waals surface area contributed by atoms with Crippen LogP contribution in [0.5, 0.6) is 0 Å². The lowest BCUT2D eigenvalue weighted by Crippen LogP contribution is -2.51. The minimum absolute atomic E-state index is 0.381. The van der Waals surface area contributed by atoms with E-state index in [0.717, 1.165) is 30.6 Å². The van der Waals surface area contributed by atoms with Crippen LogP contribution in [0.1, 0.15) is 51.0 Å². The van der Waals surface area contributed by atoms with E-state index in [9.17, 15) is 19.6 Å². The number of hydrogen-bond donors (Lipinski definition) is 2. The number of hydrogen-bond acceptors (Lipinski definition) is 5. The fourth-order valence-electron chi connectivity index (χ4n) is 3.63. The zero-order valence-corrected chi connectivity index (χ0v) is 15.5. The summed E-state index contributed by atoms with van der Waals surface area (Å²) in [5.41, 5.74) is -1.36. The molecule has 8 heteroatoms. The van der Waals surface area contributed by atoms with E-state index in [1.54, 1.807) is 18.4 Å². The predicted octanol–water partition coefficient (Wildman–Crippen LogP) is 2.25. The van der Waals surface area contributed by atoms with Crippen LogP contribution in [0, 0.1) is 11.3 Å². The number of amides is 4. The van der Waals surface area contributed by atoms with Gasteiger partial charge in [0.05, 0.1) is 6.07 Å². The highest BCUT2D eigenvalue weighted by molar-refractivity contribution is 7.08. The maximum Gasteiger partial charge on any atom is 0.325 e. The summed E-state index contributed by atoms with van der Waals surface area (Å²) in [5.74, 6) is -0.936. The van der Waals surface area contributed by atoms with E-state index in [2.05, 4.69) is 16.7 Å². The van der Waals surface area contributed by atoms with Gasteiger partial charge in [0.25, 0.3) is 5.91 Å². The SMILES string of the molecule is CC1(c2ccsc2)NC(=O)N(CC(=O)NC2(C#N)CCCCCC2)C1=O. The molecule has 1 aliphatic carbocycles. The third kappa shape index (κ3) is 3.31. The molecule has 1 unspecified atom stereocenters. The van der Waals surface area contributed by atoms with Crippen molar-refractivity contribution in [1.82, 2.24) is 15.5 Å². The van der Waals surface area contributed by atoms with Gasteiger partial charge in [0.15, 0.2) is 0 Å². The van der Waals surface area contributed by atoms with E-state index in [1.165, 1.54) is 11.3 Å². The minimum Gasteiger partial charge on any atom is -0.336 e. The monoisotopic (exact) mass is 374 g/mol. The van der Waals surface area contributed by atoms with Crippen LogP contribution in [-0.4, -0.2) is 34.8 Å². The summed E-state index contributed by atoms with van der Waals surface area (Å²) >= 11 is 1.43. The first-order valence-corrected chi connectivity index (χ1v) is 9.73. The fraction of sp³-hybridized carbons (Fsp3) is 0.556. The third-order valence-corrected chi connectivity index (χ3v) is 5.91. The molecule has 2 fully saturated rings. The molecule has 1 atom stereocenters. The van der Waals surface area contributed by atoms with Gasteiger partial charge in [-0.3, -0.25) is 14.5 Å². The number of nitriles is 1. The Balaban J connectivity index is 1.70. The molecule has 1 saturated carbocycles. The Hall–Kier alpha value is -2.40. The van der Waals surface area contributed by atoms with Gasteiger partial charge < -0.3 is 10.6 Å². The lowest BCUT2D eigenvalue weighted by Gasteiger charge is -2.27. The summed E-state index contributed by atoms with van der Waals surface area (Å²) in [6.45, 7) is 1.25. The molecule has 2 aliphatic rings. The first-order chi connectivity index (χ1) is 12.4. The molecule has 1 aliphatic heterocycles. The molecule has 2 N–H and O–H groups in total. The van der Waals surface area contributed by atoms with Gasteiger partial charge in [-0.25, -0.2) is 4.79 Å². The van der Waals surface area contributed by atoms with Crippen LogP contribution in [0.3, 0.4) is 0 Å². The van der Waals surface area contributed by atoms with E-state index in [0.29, 0.717) is 18.4 Å². The molecule has 7 nitrogen and oxygen atoms in total. The third-order valence-electron chi connectivity index (χ3n) is 5.23. The van der Waals surface area contributed by atoms with Gasteiger partial charge in [-0.1, -0.05) is 25.7 Å². The summed E-state index contributed by atoms with van der Waals surface area (Å²) < 4.78 is 0. The van der Waals surface area contributed by atoms with E-state index in [1.807, 2.05) is 5.38 Å². The van der Waals surface area contributed by atoms with Crippen LogP contribution in [0.25, 0.3) is 0 Å². The van der Waals surface area contributed by atoms with Crippen LogP contribution in [-0.2, 0) is 15.1 Å². The molecule has 1 aromatic rings. The van der Waals surface area contributed by atoms with Gasteiger partial charge in [-0.2, -0.15) is 16.6 Å². The van der Waals surface area contributed by atoms with E-state index in [4.69, 9.17) is 0 Å². The number of carbonyl (C=O) groups excluding carboxylic acids is 3. The molecule has 0 bridgehead atoms. The zero-order chi connectivity index (χ0) is 18.8. The van der Waals surface area contributed by atoms with Crippen molar-refractivity contribution in [2.75, 3.05) is 6.54 Å². The highest BCUT2D eigenvalue weighted by Gasteiger charge is 2.50. The Morgan fingerprint density at radius 3 is 2.62 bits per heavy atom. The molecule has 0 aromatic carbocycles. The maximum atomic E-state index is 12.8. The van der Waals surface area contributed by atoms with Gasteiger partial charge in [0, 0.05) is 0 Å². The van der Waals surface area contributed by atoms with Crippen molar-refractivity contribution in [1.29, 1.82) is 5.26 Å². The second-order valence-corrected chi connectivity index (χ2v) is 7.89. The quantitative estimate of drug-likeness (QED) is 0.623. The number of nitrogens with zero attached hydrogens (tertiary/aromatic N) is 2. The van der Waals surface area contributed by atoms with E-state index in [-0.39, 0.29) is 6.54 Å². The van der Waals surface area contributed by atoms with Gasteiger partial charge in [0.2, 0.25) is 5.91 Å². The number of urea groups is 1. The molecule has 138 valence electrons. The number of nitrogens with one attached hydrogen (secondary N) is 2. The Labute approximate surface area is 156 Å². The van der Waals surface area contributed by atoms with Crippen molar-refractivity contribution in [2.24, 2.45) is 0 Å². The average Bonchev–Trinajstić information content (AvgIpc) is 3.15. The second-order valence-electron chi connectivity index (χ2n) is 7.11. The summed E-state index contributed by atoms with van der Waals surface area (Å²) in [6.07, 6.45) is 5.06. The van der Waals surface area contributed by atoms with E-state index < -0.39 is 28.9 Å². The standard InChI is InChI=1S/C18H22N4O3S/c1-17(13-6-9-26-11-13)15(24)22(16(25)21-17)10-14(23)20-18(12-19)7-4-2-3-5-8-18/h6,9,11H,2-5,7-8,10H2,1H3,(H,20,23)(H,21,25). The number of imide groups is 1. The topological polar surface area (TPSA) is 102 Å². The molecule has 3 rings (SSSR count). The Bertz CT molecular complexity index is 747. The number of carbonyl (C=O) groups is 3. The molecule has 0 spiro atoms. The van der Waals surface area contributed by atoms with Crippen LogP contribution in [0.4, 0.5) is 4.79 Å². The highest BCUT2D eigenvalue weighted by Crippen LogP contribution is 2.30. The van der Waals surface area contributed by atoms with Crippen molar-refractivity contribution >= 4 is 29.2 Å². The molecule has 1 saturated heterocycles.